The van der Waals surface area contributed by atoms with Gasteiger partial charge >= 0.3 is 0 Å². The molecule has 0 aromatic heterocycles. The standard InChI is InChI=1S/C13H16F2O2/c14-12-6-1-9(7-13(12)15)8-17-11-4-2-10(16)3-5-11/h1,6-7,10-11,16H,2-5,8H2. The van der Waals surface area contributed by atoms with Crippen molar-refractivity contribution in [2.24, 2.45) is 0 Å². The van der Waals surface area contributed by atoms with Gasteiger partial charge in [0.1, 0.15) is 0 Å². The van der Waals surface area contributed by atoms with Crippen LogP contribution in [0.2, 0.25) is 0 Å². The van der Waals surface area contributed by atoms with Gasteiger partial charge in [-0.2, -0.15) is 0 Å². The molecule has 0 spiro atoms. The Morgan fingerprint density at radius 1 is 1.12 bits per heavy atom. The predicted molar refractivity (Wildman–Crippen MR) is 59.4 cm³/mol. The lowest BCUT2D eigenvalue weighted by atomic mass is 9.95. The zero-order chi connectivity index (χ0) is 12.3. The van der Waals surface area contributed by atoms with Crippen molar-refractivity contribution in [3.8, 4) is 0 Å². The molecule has 0 bridgehead atoms. The van der Waals surface area contributed by atoms with Crippen molar-refractivity contribution in [3.05, 3.63) is 35.4 Å². The summed E-state index contributed by atoms with van der Waals surface area (Å²) >= 11 is 0. The van der Waals surface area contributed by atoms with Crippen LogP contribution in [-0.4, -0.2) is 17.3 Å². The fourth-order valence-electron chi connectivity index (χ4n) is 2.06. The number of aliphatic hydroxyl groups excluding tert-OH is 1. The molecule has 1 aromatic carbocycles. The maximum Gasteiger partial charge on any atom is 0.159 e. The number of ether oxygens (including phenoxy) is 1. The van der Waals surface area contributed by atoms with Crippen molar-refractivity contribution in [1.82, 2.24) is 0 Å². The molecule has 1 aliphatic carbocycles. The molecule has 1 fully saturated rings. The van der Waals surface area contributed by atoms with Crippen molar-refractivity contribution in [2.75, 3.05) is 0 Å². The molecule has 94 valence electrons. The van der Waals surface area contributed by atoms with Crippen LogP contribution < -0.4 is 0 Å². The van der Waals surface area contributed by atoms with Gasteiger partial charge in [0.2, 0.25) is 0 Å². The van der Waals surface area contributed by atoms with Gasteiger partial charge in [-0.05, 0) is 43.4 Å². The largest absolute Gasteiger partial charge is 0.393 e. The lowest BCUT2D eigenvalue weighted by Crippen LogP contribution is -2.24. The van der Waals surface area contributed by atoms with E-state index in [1.165, 1.54) is 6.07 Å². The highest BCUT2D eigenvalue weighted by atomic mass is 19.2. The lowest BCUT2D eigenvalue weighted by Gasteiger charge is -2.25. The lowest BCUT2D eigenvalue weighted by molar-refractivity contribution is -0.0119. The van der Waals surface area contributed by atoms with Gasteiger partial charge in [0.25, 0.3) is 0 Å². The van der Waals surface area contributed by atoms with E-state index in [9.17, 15) is 13.9 Å². The number of hydrogen-bond donors (Lipinski definition) is 1. The minimum Gasteiger partial charge on any atom is -0.393 e. The summed E-state index contributed by atoms with van der Waals surface area (Å²) in [5, 5.41) is 9.33. The highest BCUT2D eigenvalue weighted by Crippen LogP contribution is 2.22. The Morgan fingerprint density at radius 3 is 2.47 bits per heavy atom. The van der Waals surface area contributed by atoms with Crippen LogP contribution in [0.5, 0.6) is 0 Å². The summed E-state index contributed by atoms with van der Waals surface area (Å²) in [5.74, 6) is -1.68. The smallest absolute Gasteiger partial charge is 0.159 e. The first-order valence-electron chi connectivity index (χ1n) is 5.89. The van der Waals surface area contributed by atoms with E-state index >= 15 is 0 Å². The molecule has 2 nitrogen and oxygen atoms in total. The van der Waals surface area contributed by atoms with Crippen LogP contribution in [0.15, 0.2) is 18.2 Å². The third kappa shape index (κ3) is 3.48. The molecule has 1 aliphatic rings. The molecule has 2 rings (SSSR count). The summed E-state index contributed by atoms with van der Waals surface area (Å²) in [4.78, 5) is 0. The molecule has 0 saturated heterocycles. The second kappa shape index (κ2) is 5.56. The van der Waals surface area contributed by atoms with Crippen LogP contribution >= 0.6 is 0 Å². The predicted octanol–water partition coefficient (Wildman–Crippen LogP) is 2.78. The third-order valence-corrected chi connectivity index (χ3v) is 3.11. The van der Waals surface area contributed by atoms with E-state index in [-0.39, 0.29) is 18.8 Å². The van der Waals surface area contributed by atoms with Gasteiger partial charge in [0, 0.05) is 0 Å². The zero-order valence-electron chi connectivity index (χ0n) is 9.53. The number of halogens is 2. The summed E-state index contributed by atoms with van der Waals surface area (Å²) < 4.78 is 31.2. The summed E-state index contributed by atoms with van der Waals surface area (Å²) in [6, 6.07) is 3.79. The first kappa shape index (κ1) is 12.5. The fraction of sp³-hybridized carbons (Fsp3) is 0.538. The number of hydrogen-bond acceptors (Lipinski definition) is 2. The SMILES string of the molecule is OC1CCC(OCc2ccc(F)c(F)c2)CC1. The zero-order valence-corrected chi connectivity index (χ0v) is 9.53. The van der Waals surface area contributed by atoms with Gasteiger partial charge in [-0.15, -0.1) is 0 Å². The van der Waals surface area contributed by atoms with Crippen molar-refractivity contribution in [2.45, 2.75) is 44.5 Å². The van der Waals surface area contributed by atoms with Gasteiger partial charge in [-0.25, -0.2) is 8.78 Å². The second-order valence-electron chi connectivity index (χ2n) is 4.49. The van der Waals surface area contributed by atoms with Crippen LogP contribution in [-0.2, 0) is 11.3 Å². The first-order chi connectivity index (χ1) is 8.15. The van der Waals surface area contributed by atoms with Crippen molar-refractivity contribution in [3.63, 3.8) is 0 Å². The molecule has 0 amide bonds. The second-order valence-corrected chi connectivity index (χ2v) is 4.49. The molecular formula is C13H16F2O2. The average Bonchev–Trinajstić information content (AvgIpc) is 2.33. The van der Waals surface area contributed by atoms with Crippen molar-refractivity contribution in [1.29, 1.82) is 0 Å². The third-order valence-electron chi connectivity index (χ3n) is 3.11. The molecule has 0 aliphatic heterocycles. The molecule has 1 saturated carbocycles. The Hall–Kier alpha value is -1.00. The molecule has 17 heavy (non-hydrogen) atoms. The van der Waals surface area contributed by atoms with E-state index in [1.54, 1.807) is 0 Å². The first-order valence-corrected chi connectivity index (χ1v) is 5.89. The van der Waals surface area contributed by atoms with E-state index < -0.39 is 11.6 Å². The minimum atomic E-state index is -0.842. The number of rotatable bonds is 3. The Bertz CT molecular complexity index is 374. The fourth-order valence-corrected chi connectivity index (χ4v) is 2.06. The Morgan fingerprint density at radius 2 is 1.82 bits per heavy atom. The maximum absolute atomic E-state index is 12.9. The van der Waals surface area contributed by atoms with Crippen molar-refractivity contribution >= 4 is 0 Å². The molecular weight excluding hydrogens is 226 g/mol. The van der Waals surface area contributed by atoms with E-state index in [1.807, 2.05) is 0 Å². The van der Waals surface area contributed by atoms with Crippen LogP contribution in [0.3, 0.4) is 0 Å². The molecule has 0 heterocycles. The highest BCUT2D eigenvalue weighted by Gasteiger charge is 2.19. The molecule has 0 unspecified atom stereocenters. The number of benzene rings is 1. The molecule has 0 atom stereocenters. The molecule has 0 radical (unpaired) electrons. The number of aliphatic hydroxyl groups is 1. The normalized spacial score (nSPS) is 24.9. The maximum atomic E-state index is 12.9. The van der Waals surface area contributed by atoms with Gasteiger partial charge in [-0.3, -0.25) is 0 Å². The van der Waals surface area contributed by atoms with E-state index in [0.29, 0.717) is 5.56 Å². The van der Waals surface area contributed by atoms with Crippen LogP contribution in [0.25, 0.3) is 0 Å². The van der Waals surface area contributed by atoms with Crippen molar-refractivity contribution < 1.29 is 18.6 Å². The topological polar surface area (TPSA) is 29.5 Å². The van der Waals surface area contributed by atoms with Gasteiger partial charge < -0.3 is 9.84 Å². The van der Waals surface area contributed by atoms with Gasteiger partial charge in [-0.1, -0.05) is 6.07 Å². The highest BCUT2D eigenvalue weighted by molar-refractivity contribution is 5.16. The van der Waals surface area contributed by atoms with Gasteiger partial charge in [0.05, 0.1) is 18.8 Å². The van der Waals surface area contributed by atoms with Crippen LogP contribution in [0.1, 0.15) is 31.2 Å². The molecule has 1 aromatic rings. The van der Waals surface area contributed by atoms with Crippen LogP contribution in [0.4, 0.5) is 8.78 Å². The van der Waals surface area contributed by atoms with E-state index in [2.05, 4.69) is 0 Å². The summed E-state index contributed by atoms with van der Waals surface area (Å²) in [7, 11) is 0. The Kier molecular flexibility index (Phi) is 4.07. The van der Waals surface area contributed by atoms with Crippen LogP contribution in [0, 0.1) is 11.6 Å². The summed E-state index contributed by atoms with van der Waals surface area (Å²) in [5.41, 5.74) is 0.634. The van der Waals surface area contributed by atoms with Gasteiger partial charge in [0.15, 0.2) is 11.6 Å². The van der Waals surface area contributed by atoms with E-state index in [0.717, 1.165) is 37.8 Å². The Balaban J connectivity index is 1.83. The quantitative estimate of drug-likeness (QED) is 0.883. The molecule has 4 heteroatoms. The monoisotopic (exact) mass is 242 g/mol. The average molecular weight is 242 g/mol. The minimum absolute atomic E-state index is 0.117. The Labute approximate surface area is 99.2 Å². The summed E-state index contributed by atoms with van der Waals surface area (Å²) in [6.07, 6.45) is 3.06. The molecule has 1 N–H and O–H groups in total. The van der Waals surface area contributed by atoms with E-state index in [4.69, 9.17) is 4.74 Å². The summed E-state index contributed by atoms with van der Waals surface area (Å²) in [6.45, 7) is 0.290.